The van der Waals surface area contributed by atoms with Crippen LogP contribution >= 0.6 is 0 Å². The second-order valence-electron chi connectivity index (χ2n) is 11.1. The molecule has 0 saturated heterocycles. The number of amides is 3. The summed E-state index contributed by atoms with van der Waals surface area (Å²) >= 11 is 0. The van der Waals surface area contributed by atoms with Crippen molar-refractivity contribution in [1.29, 1.82) is 0 Å². The third kappa shape index (κ3) is 8.28. The Bertz CT molecular complexity index is 1480. The monoisotopic (exact) mass is 601 g/mol. The molecule has 3 amide bonds. The zero-order valence-electron chi connectivity index (χ0n) is 26.3. The zero-order chi connectivity index (χ0) is 31.8. The lowest BCUT2D eigenvalue weighted by molar-refractivity contribution is -0.126. The number of hydrogen-bond donors (Lipinski definition) is 3. The lowest BCUT2D eigenvalue weighted by Gasteiger charge is -2.28. The van der Waals surface area contributed by atoms with E-state index in [4.69, 9.17) is 4.98 Å². The second kappa shape index (κ2) is 14.7. The Labute approximate surface area is 258 Å². The first-order chi connectivity index (χ1) is 21.1. The minimum Gasteiger partial charge on any atom is -0.373 e. The fraction of sp³-hybridized carbons (Fsp3) is 0.438. The summed E-state index contributed by atoms with van der Waals surface area (Å²) in [4.78, 5) is 51.8. The van der Waals surface area contributed by atoms with Gasteiger partial charge in [0.15, 0.2) is 11.5 Å². The Morgan fingerprint density at radius 1 is 1.14 bits per heavy atom. The van der Waals surface area contributed by atoms with Crippen LogP contribution in [0.4, 0.5) is 11.5 Å². The number of likely N-dealkylation sites (N-methyl/N-ethyl adjacent to an activating group) is 2. The number of anilines is 2. The van der Waals surface area contributed by atoms with Gasteiger partial charge in [0.05, 0.1) is 17.4 Å². The quantitative estimate of drug-likeness (QED) is 0.225. The molecule has 0 bridgehead atoms. The van der Waals surface area contributed by atoms with Crippen LogP contribution < -0.4 is 16.0 Å². The SMILES string of the molecule is C=CC(=O)N(CC)CCN(C)CC(Nc1cc(C)c(C(=O)Nc2ccn(C)n2)nc1C(=O)NCC)c1ccc(C2CC2)cn1. The highest BCUT2D eigenvalue weighted by atomic mass is 16.2. The van der Waals surface area contributed by atoms with Gasteiger partial charge < -0.3 is 25.8 Å². The van der Waals surface area contributed by atoms with E-state index in [9.17, 15) is 14.4 Å². The largest absolute Gasteiger partial charge is 0.373 e. The molecule has 0 aromatic carbocycles. The standard InChI is InChI=1S/C32H43N9O3/c1-7-28(42)41(9-3)17-16-39(5)20-26(24-13-12-23(19-34-24)22-10-11-22)35-25-18-21(4)29(37-30(25)31(43)33-8-2)32(44)36-27-14-15-40(6)38-27/h7,12-15,18-19,22,26,35H,1,8-11,16-17,20H2,2-6H3,(H,33,43)(H,36,38,44). The smallest absolute Gasteiger partial charge is 0.275 e. The number of pyridine rings is 2. The Balaban J connectivity index is 1.63. The summed E-state index contributed by atoms with van der Waals surface area (Å²) < 4.78 is 1.59. The Morgan fingerprint density at radius 2 is 1.91 bits per heavy atom. The van der Waals surface area contributed by atoms with Crippen LogP contribution in [0.25, 0.3) is 0 Å². The molecule has 1 unspecified atom stereocenters. The van der Waals surface area contributed by atoms with Gasteiger partial charge in [0, 0.05) is 58.2 Å². The molecule has 1 aliphatic carbocycles. The number of nitrogens with one attached hydrogen (secondary N) is 3. The van der Waals surface area contributed by atoms with Gasteiger partial charge in [-0.05, 0) is 75.9 Å². The number of carbonyl (C=O) groups excluding carboxylic acids is 3. The van der Waals surface area contributed by atoms with E-state index < -0.39 is 11.8 Å². The fourth-order valence-corrected chi connectivity index (χ4v) is 4.96. The van der Waals surface area contributed by atoms with Gasteiger partial charge in [0.2, 0.25) is 5.91 Å². The van der Waals surface area contributed by atoms with E-state index in [2.05, 4.69) is 43.6 Å². The van der Waals surface area contributed by atoms with Crippen LogP contribution in [0.5, 0.6) is 0 Å². The van der Waals surface area contributed by atoms with Crippen LogP contribution in [0.15, 0.2) is 49.3 Å². The summed E-state index contributed by atoms with van der Waals surface area (Å²) in [6.07, 6.45) is 7.36. The van der Waals surface area contributed by atoms with Crippen molar-refractivity contribution in [1.82, 2.24) is 34.9 Å². The van der Waals surface area contributed by atoms with Crippen LogP contribution in [0.2, 0.25) is 0 Å². The predicted molar refractivity (Wildman–Crippen MR) is 171 cm³/mol. The molecule has 4 rings (SSSR count). The van der Waals surface area contributed by atoms with Crippen LogP contribution in [0.1, 0.15) is 76.4 Å². The maximum atomic E-state index is 13.3. The Morgan fingerprint density at radius 3 is 2.50 bits per heavy atom. The summed E-state index contributed by atoms with van der Waals surface area (Å²) in [6.45, 7) is 11.8. The van der Waals surface area contributed by atoms with Gasteiger partial charge in [0.25, 0.3) is 11.8 Å². The highest BCUT2D eigenvalue weighted by molar-refractivity contribution is 6.05. The molecule has 0 radical (unpaired) electrons. The average molecular weight is 602 g/mol. The van der Waals surface area contributed by atoms with Crippen molar-refractivity contribution in [3.05, 3.63) is 77.5 Å². The second-order valence-corrected chi connectivity index (χ2v) is 11.1. The van der Waals surface area contributed by atoms with Crippen molar-refractivity contribution in [3.8, 4) is 0 Å². The minimum atomic E-state index is -0.457. The maximum Gasteiger partial charge on any atom is 0.275 e. The number of aromatic nitrogens is 4. The first-order valence-corrected chi connectivity index (χ1v) is 15.1. The molecule has 1 fully saturated rings. The molecule has 12 nitrogen and oxygen atoms in total. The zero-order valence-corrected chi connectivity index (χ0v) is 26.3. The average Bonchev–Trinajstić information content (AvgIpc) is 3.78. The number of carbonyl (C=O) groups is 3. The van der Waals surface area contributed by atoms with E-state index in [1.807, 2.05) is 33.2 Å². The molecular weight excluding hydrogens is 558 g/mol. The molecule has 0 spiro atoms. The van der Waals surface area contributed by atoms with Gasteiger partial charge >= 0.3 is 0 Å². The minimum absolute atomic E-state index is 0.104. The highest BCUT2D eigenvalue weighted by Gasteiger charge is 2.26. The summed E-state index contributed by atoms with van der Waals surface area (Å²) in [6, 6.07) is 7.29. The molecule has 3 heterocycles. The summed E-state index contributed by atoms with van der Waals surface area (Å²) in [5.41, 5.74) is 3.37. The molecule has 1 aliphatic rings. The van der Waals surface area contributed by atoms with Gasteiger partial charge in [-0.1, -0.05) is 12.6 Å². The molecule has 234 valence electrons. The van der Waals surface area contributed by atoms with Crippen LogP contribution in [0, 0.1) is 6.92 Å². The van der Waals surface area contributed by atoms with Gasteiger partial charge in [-0.15, -0.1) is 0 Å². The maximum absolute atomic E-state index is 13.3. The molecular formula is C32H43N9O3. The van der Waals surface area contributed by atoms with E-state index in [-0.39, 0.29) is 23.3 Å². The summed E-state index contributed by atoms with van der Waals surface area (Å²) in [5, 5.41) is 13.3. The van der Waals surface area contributed by atoms with Gasteiger partial charge in [0.1, 0.15) is 5.69 Å². The number of nitrogens with zero attached hydrogens (tertiary/aromatic N) is 6. The van der Waals surface area contributed by atoms with Crippen molar-refractivity contribution in [3.63, 3.8) is 0 Å². The third-order valence-electron chi connectivity index (χ3n) is 7.59. The van der Waals surface area contributed by atoms with Crippen molar-refractivity contribution >= 4 is 29.2 Å². The van der Waals surface area contributed by atoms with Crippen LogP contribution in [-0.2, 0) is 11.8 Å². The van der Waals surface area contributed by atoms with Crippen molar-refractivity contribution in [2.75, 3.05) is 50.4 Å². The van der Waals surface area contributed by atoms with Gasteiger partial charge in [-0.2, -0.15) is 5.10 Å². The fourth-order valence-electron chi connectivity index (χ4n) is 4.96. The molecule has 12 heteroatoms. The molecule has 0 aliphatic heterocycles. The van der Waals surface area contributed by atoms with Crippen LogP contribution in [0.3, 0.4) is 0 Å². The molecule has 1 saturated carbocycles. The van der Waals surface area contributed by atoms with Crippen molar-refractivity contribution in [2.24, 2.45) is 7.05 Å². The Kier molecular flexibility index (Phi) is 10.8. The van der Waals surface area contributed by atoms with E-state index in [1.54, 1.807) is 41.9 Å². The first kappa shape index (κ1) is 32.3. The first-order valence-electron chi connectivity index (χ1n) is 15.1. The number of hydrogen-bond acceptors (Lipinski definition) is 8. The van der Waals surface area contributed by atoms with Gasteiger partial charge in [-0.3, -0.25) is 24.0 Å². The highest BCUT2D eigenvalue weighted by Crippen LogP contribution is 2.39. The topological polar surface area (TPSA) is 137 Å². The molecule has 3 aromatic heterocycles. The third-order valence-corrected chi connectivity index (χ3v) is 7.59. The normalized spacial score (nSPS) is 13.3. The van der Waals surface area contributed by atoms with Crippen LogP contribution in [-0.4, -0.2) is 87.0 Å². The van der Waals surface area contributed by atoms with Crippen molar-refractivity contribution in [2.45, 2.75) is 45.6 Å². The van der Waals surface area contributed by atoms with Crippen molar-refractivity contribution < 1.29 is 14.4 Å². The van der Waals surface area contributed by atoms with E-state index in [1.165, 1.54) is 24.5 Å². The van der Waals surface area contributed by atoms with E-state index in [0.717, 1.165) is 5.69 Å². The summed E-state index contributed by atoms with van der Waals surface area (Å²) in [5.74, 6) is 0.0111. The molecule has 1 atom stereocenters. The lowest BCUT2D eigenvalue weighted by Crippen LogP contribution is -2.38. The molecule has 44 heavy (non-hydrogen) atoms. The van der Waals surface area contributed by atoms with Gasteiger partial charge in [-0.25, -0.2) is 4.98 Å². The molecule has 3 N–H and O–H groups in total. The lowest BCUT2D eigenvalue weighted by atomic mass is 10.1. The predicted octanol–water partition coefficient (Wildman–Crippen LogP) is 3.52. The van der Waals surface area contributed by atoms with E-state index in [0.29, 0.717) is 55.7 Å². The number of aryl methyl sites for hydroxylation is 2. The molecule has 3 aromatic rings. The Hall–Kier alpha value is -4.58. The van der Waals surface area contributed by atoms with E-state index >= 15 is 0 Å². The summed E-state index contributed by atoms with van der Waals surface area (Å²) in [7, 11) is 3.74. The number of rotatable bonds is 15.